The molecule has 0 aliphatic carbocycles. The third-order valence-corrected chi connectivity index (χ3v) is 3.60. The second-order valence-electron chi connectivity index (χ2n) is 5.18. The first-order valence-electron chi connectivity index (χ1n) is 7.15. The summed E-state index contributed by atoms with van der Waals surface area (Å²) in [5, 5.41) is 2.27. The zero-order chi connectivity index (χ0) is 14.5. The number of carbonyl (C=O) groups is 1. The van der Waals surface area contributed by atoms with Crippen molar-refractivity contribution < 1.29 is 4.79 Å². The zero-order valence-electron chi connectivity index (χ0n) is 12.2. The molecule has 3 heteroatoms. The van der Waals surface area contributed by atoms with Crippen LogP contribution in [0.3, 0.4) is 0 Å². The number of carbonyl (C=O) groups excluding carboxylic acids is 1. The van der Waals surface area contributed by atoms with Crippen LogP contribution in [0.1, 0.15) is 20.3 Å². The number of hydrogen-bond donors (Lipinski definition) is 1. The van der Waals surface area contributed by atoms with E-state index in [-0.39, 0.29) is 11.8 Å². The molecular formula is C17H22N2O. The van der Waals surface area contributed by atoms with E-state index in [4.69, 9.17) is 5.73 Å². The summed E-state index contributed by atoms with van der Waals surface area (Å²) in [6, 6.07) is 14.2. The van der Waals surface area contributed by atoms with Gasteiger partial charge in [-0.15, -0.1) is 0 Å². The Balaban J connectivity index is 2.37. The Morgan fingerprint density at radius 3 is 2.60 bits per heavy atom. The molecule has 1 amide bonds. The lowest BCUT2D eigenvalue weighted by atomic mass is 10.1. The van der Waals surface area contributed by atoms with Crippen LogP contribution in [0.5, 0.6) is 0 Å². The van der Waals surface area contributed by atoms with Gasteiger partial charge in [0, 0.05) is 18.4 Å². The second kappa shape index (κ2) is 6.53. The molecular weight excluding hydrogens is 248 g/mol. The van der Waals surface area contributed by atoms with Crippen molar-refractivity contribution in [3.8, 4) is 0 Å². The smallest absolute Gasteiger partial charge is 0.227 e. The quantitative estimate of drug-likeness (QED) is 0.907. The third-order valence-electron chi connectivity index (χ3n) is 3.60. The molecule has 0 saturated heterocycles. The van der Waals surface area contributed by atoms with Crippen LogP contribution >= 0.6 is 0 Å². The van der Waals surface area contributed by atoms with E-state index in [9.17, 15) is 4.79 Å². The van der Waals surface area contributed by atoms with Crippen molar-refractivity contribution in [2.45, 2.75) is 20.3 Å². The maximum Gasteiger partial charge on any atom is 0.227 e. The molecule has 2 aromatic carbocycles. The summed E-state index contributed by atoms with van der Waals surface area (Å²) in [6.45, 7) is 5.23. The summed E-state index contributed by atoms with van der Waals surface area (Å²) < 4.78 is 0. The molecule has 0 aliphatic rings. The first-order chi connectivity index (χ1) is 9.67. The van der Waals surface area contributed by atoms with Crippen molar-refractivity contribution in [3.05, 3.63) is 42.5 Å². The summed E-state index contributed by atoms with van der Waals surface area (Å²) in [6.07, 6.45) is 0.494. The monoisotopic (exact) mass is 270 g/mol. The molecule has 0 fully saturated rings. The fourth-order valence-electron chi connectivity index (χ4n) is 2.42. The number of fused-ring (bicyclic) bond motifs is 1. The van der Waals surface area contributed by atoms with Gasteiger partial charge in [0.1, 0.15) is 0 Å². The van der Waals surface area contributed by atoms with Gasteiger partial charge in [0.05, 0.1) is 5.69 Å². The van der Waals surface area contributed by atoms with Crippen molar-refractivity contribution >= 4 is 22.4 Å². The number of rotatable bonds is 5. The molecule has 1 unspecified atom stereocenters. The normalized spacial score (nSPS) is 12.3. The average molecular weight is 270 g/mol. The highest BCUT2D eigenvalue weighted by Crippen LogP contribution is 2.27. The van der Waals surface area contributed by atoms with Crippen molar-refractivity contribution in [1.29, 1.82) is 0 Å². The maximum atomic E-state index is 12.5. The summed E-state index contributed by atoms with van der Waals surface area (Å²) in [4.78, 5) is 14.3. The van der Waals surface area contributed by atoms with Crippen LogP contribution < -0.4 is 10.6 Å². The van der Waals surface area contributed by atoms with E-state index >= 15 is 0 Å². The lowest BCUT2D eigenvalue weighted by Crippen LogP contribution is -2.33. The van der Waals surface area contributed by atoms with Crippen LogP contribution in [-0.2, 0) is 4.79 Å². The van der Waals surface area contributed by atoms with Gasteiger partial charge in [0.15, 0.2) is 0 Å². The SMILES string of the molecule is CCN(C(=O)CC(C)CN)c1cccc2ccccc12. The number of benzene rings is 2. The van der Waals surface area contributed by atoms with Gasteiger partial charge in [0.25, 0.3) is 0 Å². The lowest BCUT2D eigenvalue weighted by Gasteiger charge is -2.24. The number of amides is 1. The van der Waals surface area contributed by atoms with E-state index in [0.717, 1.165) is 16.5 Å². The molecule has 2 N–H and O–H groups in total. The Kier molecular flexibility index (Phi) is 4.74. The summed E-state index contributed by atoms with van der Waals surface area (Å²) in [5.41, 5.74) is 6.61. The predicted octanol–water partition coefficient (Wildman–Crippen LogP) is 3.18. The van der Waals surface area contributed by atoms with E-state index in [1.165, 1.54) is 0 Å². The molecule has 0 spiro atoms. The Hall–Kier alpha value is -1.87. The molecule has 2 rings (SSSR count). The third kappa shape index (κ3) is 2.99. The maximum absolute atomic E-state index is 12.5. The Morgan fingerprint density at radius 1 is 1.20 bits per heavy atom. The van der Waals surface area contributed by atoms with Gasteiger partial charge in [-0.05, 0) is 30.8 Å². The highest BCUT2D eigenvalue weighted by Gasteiger charge is 2.17. The van der Waals surface area contributed by atoms with Crippen LogP contribution in [0.25, 0.3) is 10.8 Å². The molecule has 0 aromatic heterocycles. The molecule has 0 heterocycles. The molecule has 106 valence electrons. The molecule has 0 bridgehead atoms. The van der Waals surface area contributed by atoms with Gasteiger partial charge in [0.2, 0.25) is 5.91 Å². The predicted molar refractivity (Wildman–Crippen MR) is 84.8 cm³/mol. The van der Waals surface area contributed by atoms with E-state index < -0.39 is 0 Å². The van der Waals surface area contributed by atoms with Gasteiger partial charge in [-0.3, -0.25) is 4.79 Å². The van der Waals surface area contributed by atoms with Crippen molar-refractivity contribution in [3.63, 3.8) is 0 Å². The van der Waals surface area contributed by atoms with Crippen LogP contribution in [-0.4, -0.2) is 19.0 Å². The van der Waals surface area contributed by atoms with E-state index in [2.05, 4.69) is 18.2 Å². The fourth-order valence-corrected chi connectivity index (χ4v) is 2.42. The van der Waals surface area contributed by atoms with Crippen molar-refractivity contribution in [2.24, 2.45) is 11.7 Å². The second-order valence-corrected chi connectivity index (χ2v) is 5.18. The minimum Gasteiger partial charge on any atom is -0.330 e. The van der Waals surface area contributed by atoms with Gasteiger partial charge >= 0.3 is 0 Å². The minimum atomic E-state index is 0.141. The first kappa shape index (κ1) is 14.5. The van der Waals surface area contributed by atoms with Gasteiger partial charge in [-0.1, -0.05) is 43.3 Å². The minimum absolute atomic E-state index is 0.141. The fraction of sp³-hybridized carbons (Fsp3) is 0.353. The van der Waals surface area contributed by atoms with Crippen molar-refractivity contribution in [2.75, 3.05) is 18.0 Å². The van der Waals surface area contributed by atoms with Crippen molar-refractivity contribution in [1.82, 2.24) is 0 Å². The van der Waals surface area contributed by atoms with E-state index in [0.29, 0.717) is 19.5 Å². The molecule has 2 aromatic rings. The van der Waals surface area contributed by atoms with E-state index in [1.54, 1.807) is 0 Å². The van der Waals surface area contributed by atoms with Crippen LogP contribution in [0.2, 0.25) is 0 Å². The lowest BCUT2D eigenvalue weighted by molar-refractivity contribution is -0.119. The molecule has 1 atom stereocenters. The largest absolute Gasteiger partial charge is 0.330 e. The molecule has 0 saturated carbocycles. The topological polar surface area (TPSA) is 46.3 Å². The Bertz CT molecular complexity index is 589. The Labute approximate surface area is 120 Å². The van der Waals surface area contributed by atoms with Gasteiger partial charge in [-0.25, -0.2) is 0 Å². The van der Waals surface area contributed by atoms with Crippen LogP contribution in [0, 0.1) is 5.92 Å². The number of nitrogens with two attached hydrogens (primary N) is 1. The summed E-state index contributed by atoms with van der Waals surface area (Å²) >= 11 is 0. The van der Waals surface area contributed by atoms with Gasteiger partial charge < -0.3 is 10.6 Å². The highest BCUT2D eigenvalue weighted by atomic mass is 16.2. The summed E-state index contributed by atoms with van der Waals surface area (Å²) in [5.74, 6) is 0.355. The molecule has 3 nitrogen and oxygen atoms in total. The average Bonchev–Trinajstić information content (AvgIpc) is 2.48. The molecule has 20 heavy (non-hydrogen) atoms. The zero-order valence-corrected chi connectivity index (χ0v) is 12.2. The van der Waals surface area contributed by atoms with Crippen LogP contribution in [0.4, 0.5) is 5.69 Å². The highest BCUT2D eigenvalue weighted by molar-refractivity contribution is 6.03. The first-order valence-corrected chi connectivity index (χ1v) is 7.15. The van der Waals surface area contributed by atoms with E-state index in [1.807, 2.05) is 43.0 Å². The van der Waals surface area contributed by atoms with Crippen LogP contribution in [0.15, 0.2) is 42.5 Å². The number of hydrogen-bond acceptors (Lipinski definition) is 2. The Morgan fingerprint density at radius 2 is 1.90 bits per heavy atom. The van der Waals surface area contributed by atoms with Gasteiger partial charge in [-0.2, -0.15) is 0 Å². The number of anilines is 1. The number of nitrogens with zero attached hydrogens (tertiary/aromatic N) is 1. The molecule has 0 aliphatic heterocycles. The summed E-state index contributed by atoms with van der Waals surface area (Å²) in [7, 11) is 0. The molecule has 0 radical (unpaired) electrons. The standard InChI is InChI=1S/C17H22N2O/c1-3-19(17(20)11-13(2)12-18)16-10-6-8-14-7-4-5-9-15(14)16/h4-10,13H,3,11-12,18H2,1-2H3.